The first-order valence-corrected chi connectivity index (χ1v) is 6.51. The van der Waals surface area contributed by atoms with Crippen LogP contribution >= 0.6 is 0 Å². The smallest absolute Gasteiger partial charge is 0.228 e. The number of hydrogen-bond donors (Lipinski definition) is 2. The molecule has 0 aliphatic heterocycles. The average Bonchev–Trinajstić information content (AvgIpc) is 2.45. The lowest BCUT2D eigenvalue weighted by Gasteiger charge is -2.15. The van der Waals surface area contributed by atoms with Gasteiger partial charge in [-0.25, -0.2) is 0 Å². The van der Waals surface area contributed by atoms with E-state index in [-0.39, 0.29) is 11.8 Å². The molecular formula is C15H22N2O2. The molecule has 1 unspecified atom stereocenters. The van der Waals surface area contributed by atoms with Gasteiger partial charge in [0, 0.05) is 13.1 Å². The van der Waals surface area contributed by atoms with E-state index < -0.39 is 0 Å². The minimum atomic E-state index is -0.297. The van der Waals surface area contributed by atoms with Crippen LogP contribution in [-0.2, 0) is 9.53 Å². The maximum absolute atomic E-state index is 12.0. The fourth-order valence-electron chi connectivity index (χ4n) is 1.72. The molecule has 0 heterocycles. The highest BCUT2D eigenvalue weighted by Crippen LogP contribution is 2.13. The molecule has 0 bridgehead atoms. The van der Waals surface area contributed by atoms with Gasteiger partial charge >= 0.3 is 0 Å². The fraction of sp³-hybridized carbons (Fsp3) is 0.400. The summed E-state index contributed by atoms with van der Waals surface area (Å²) < 4.78 is 5.33. The van der Waals surface area contributed by atoms with Crippen molar-refractivity contribution < 1.29 is 9.53 Å². The number of ether oxygens (including phenoxy) is 1. The number of benzene rings is 1. The largest absolute Gasteiger partial charge is 0.379 e. The molecule has 0 fully saturated rings. The van der Waals surface area contributed by atoms with Crippen molar-refractivity contribution in [1.29, 1.82) is 0 Å². The van der Waals surface area contributed by atoms with Gasteiger partial charge in [-0.15, -0.1) is 6.58 Å². The SMILES string of the molecule is C=CCCOCCNC(=O)C(CN)c1ccccc1. The van der Waals surface area contributed by atoms with Gasteiger partial charge in [-0.3, -0.25) is 4.79 Å². The summed E-state index contributed by atoms with van der Waals surface area (Å²) in [6, 6.07) is 9.56. The first-order chi connectivity index (χ1) is 9.29. The van der Waals surface area contributed by atoms with Crippen molar-refractivity contribution in [3.63, 3.8) is 0 Å². The van der Waals surface area contributed by atoms with Crippen LogP contribution in [0.25, 0.3) is 0 Å². The molecule has 104 valence electrons. The average molecular weight is 262 g/mol. The van der Waals surface area contributed by atoms with Gasteiger partial charge in [-0.05, 0) is 12.0 Å². The van der Waals surface area contributed by atoms with E-state index in [1.54, 1.807) is 6.08 Å². The maximum atomic E-state index is 12.0. The molecule has 0 aromatic heterocycles. The molecule has 0 spiro atoms. The Hall–Kier alpha value is -1.65. The van der Waals surface area contributed by atoms with Crippen LogP contribution in [0.5, 0.6) is 0 Å². The van der Waals surface area contributed by atoms with E-state index >= 15 is 0 Å². The van der Waals surface area contributed by atoms with Gasteiger partial charge in [-0.1, -0.05) is 36.4 Å². The molecule has 0 saturated carbocycles. The third-order valence-electron chi connectivity index (χ3n) is 2.77. The number of hydrogen-bond acceptors (Lipinski definition) is 3. The van der Waals surface area contributed by atoms with Crippen molar-refractivity contribution in [1.82, 2.24) is 5.32 Å². The number of rotatable bonds is 9. The van der Waals surface area contributed by atoms with Crippen molar-refractivity contribution in [2.45, 2.75) is 12.3 Å². The van der Waals surface area contributed by atoms with Crippen LogP contribution in [0.2, 0.25) is 0 Å². The van der Waals surface area contributed by atoms with Crippen LogP contribution < -0.4 is 11.1 Å². The molecule has 1 aromatic rings. The molecule has 19 heavy (non-hydrogen) atoms. The van der Waals surface area contributed by atoms with Gasteiger partial charge in [0.2, 0.25) is 5.91 Å². The Morgan fingerprint density at radius 1 is 1.37 bits per heavy atom. The molecule has 1 aromatic carbocycles. The summed E-state index contributed by atoms with van der Waals surface area (Å²) in [5, 5.41) is 2.84. The van der Waals surface area contributed by atoms with E-state index in [0.717, 1.165) is 12.0 Å². The lowest BCUT2D eigenvalue weighted by Crippen LogP contribution is -2.35. The van der Waals surface area contributed by atoms with Crippen LogP contribution in [0.3, 0.4) is 0 Å². The monoisotopic (exact) mass is 262 g/mol. The van der Waals surface area contributed by atoms with E-state index in [4.69, 9.17) is 10.5 Å². The highest BCUT2D eigenvalue weighted by atomic mass is 16.5. The van der Waals surface area contributed by atoms with E-state index in [2.05, 4.69) is 11.9 Å². The number of nitrogens with two attached hydrogens (primary N) is 1. The van der Waals surface area contributed by atoms with Crippen LogP contribution in [0, 0.1) is 0 Å². The second-order valence-corrected chi connectivity index (χ2v) is 4.18. The van der Waals surface area contributed by atoms with Crippen molar-refractivity contribution in [3.05, 3.63) is 48.6 Å². The highest BCUT2D eigenvalue weighted by Gasteiger charge is 2.17. The summed E-state index contributed by atoms with van der Waals surface area (Å²) in [6.45, 7) is 5.55. The summed E-state index contributed by atoms with van der Waals surface area (Å²) in [7, 11) is 0. The molecule has 4 nitrogen and oxygen atoms in total. The Kier molecular flexibility index (Phi) is 7.54. The highest BCUT2D eigenvalue weighted by molar-refractivity contribution is 5.83. The Labute approximate surface area is 114 Å². The fourth-order valence-corrected chi connectivity index (χ4v) is 1.72. The van der Waals surface area contributed by atoms with E-state index in [1.165, 1.54) is 0 Å². The first kappa shape index (κ1) is 15.4. The summed E-state index contributed by atoms with van der Waals surface area (Å²) >= 11 is 0. The van der Waals surface area contributed by atoms with Crippen molar-refractivity contribution >= 4 is 5.91 Å². The van der Waals surface area contributed by atoms with Crippen LogP contribution in [-0.4, -0.2) is 32.2 Å². The predicted octanol–water partition coefficient (Wildman–Crippen LogP) is 1.44. The first-order valence-electron chi connectivity index (χ1n) is 6.51. The van der Waals surface area contributed by atoms with Crippen molar-refractivity contribution in [3.8, 4) is 0 Å². The predicted molar refractivity (Wildman–Crippen MR) is 76.9 cm³/mol. The molecule has 1 rings (SSSR count). The maximum Gasteiger partial charge on any atom is 0.228 e. The van der Waals surface area contributed by atoms with E-state index in [9.17, 15) is 4.79 Å². The Balaban J connectivity index is 2.33. The standard InChI is InChI=1S/C15H22N2O2/c1-2-3-10-19-11-9-17-15(18)14(12-16)13-7-5-4-6-8-13/h2,4-8,14H,1,3,9-12,16H2,(H,17,18). The number of nitrogens with one attached hydrogen (secondary N) is 1. The Morgan fingerprint density at radius 3 is 2.74 bits per heavy atom. The van der Waals surface area contributed by atoms with Crippen LogP contribution in [0.4, 0.5) is 0 Å². The summed E-state index contributed by atoms with van der Waals surface area (Å²) in [5.41, 5.74) is 6.61. The molecular weight excluding hydrogens is 240 g/mol. The second-order valence-electron chi connectivity index (χ2n) is 4.18. The molecule has 0 radical (unpaired) electrons. The number of amides is 1. The summed E-state index contributed by atoms with van der Waals surface area (Å²) in [6.07, 6.45) is 2.63. The van der Waals surface area contributed by atoms with Gasteiger partial charge in [0.05, 0.1) is 19.1 Å². The van der Waals surface area contributed by atoms with Crippen molar-refractivity contribution in [2.24, 2.45) is 5.73 Å². The zero-order valence-corrected chi connectivity index (χ0v) is 11.2. The van der Waals surface area contributed by atoms with E-state index in [1.807, 2.05) is 30.3 Å². The molecule has 1 atom stereocenters. The summed E-state index contributed by atoms with van der Waals surface area (Å²) in [4.78, 5) is 12.0. The quantitative estimate of drug-likeness (QED) is 0.523. The second kappa shape index (κ2) is 9.30. The molecule has 0 aliphatic rings. The van der Waals surface area contributed by atoms with Gasteiger partial charge in [0.15, 0.2) is 0 Å². The van der Waals surface area contributed by atoms with Gasteiger partial charge in [0.25, 0.3) is 0 Å². The normalized spacial score (nSPS) is 11.8. The third kappa shape index (κ3) is 5.68. The topological polar surface area (TPSA) is 64.3 Å². The number of carbonyl (C=O) groups is 1. The van der Waals surface area contributed by atoms with Crippen LogP contribution in [0.1, 0.15) is 17.9 Å². The lowest BCUT2D eigenvalue weighted by molar-refractivity contribution is -0.122. The molecule has 1 amide bonds. The Morgan fingerprint density at radius 2 is 2.11 bits per heavy atom. The zero-order chi connectivity index (χ0) is 13.9. The van der Waals surface area contributed by atoms with Crippen molar-refractivity contribution in [2.75, 3.05) is 26.3 Å². The van der Waals surface area contributed by atoms with Gasteiger partial charge in [0.1, 0.15) is 0 Å². The lowest BCUT2D eigenvalue weighted by atomic mass is 9.98. The van der Waals surface area contributed by atoms with E-state index in [0.29, 0.717) is 26.3 Å². The zero-order valence-electron chi connectivity index (χ0n) is 11.2. The minimum absolute atomic E-state index is 0.0546. The van der Waals surface area contributed by atoms with Crippen LogP contribution in [0.15, 0.2) is 43.0 Å². The molecule has 3 N–H and O–H groups in total. The molecule has 0 saturated heterocycles. The molecule has 4 heteroatoms. The minimum Gasteiger partial charge on any atom is -0.379 e. The summed E-state index contributed by atoms with van der Waals surface area (Å²) in [5.74, 6) is -0.351. The third-order valence-corrected chi connectivity index (χ3v) is 2.77. The molecule has 0 aliphatic carbocycles. The number of carbonyl (C=O) groups excluding carboxylic acids is 1. The van der Waals surface area contributed by atoms with Gasteiger partial charge in [-0.2, -0.15) is 0 Å². The van der Waals surface area contributed by atoms with Gasteiger partial charge < -0.3 is 15.8 Å². The Bertz CT molecular complexity index is 379.